The predicted octanol–water partition coefficient (Wildman–Crippen LogP) is 4.22. The normalized spacial score (nSPS) is 19.0. The third-order valence-corrected chi connectivity index (χ3v) is 5.52. The number of anilines is 1. The van der Waals surface area contributed by atoms with Gasteiger partial charge in [-0.3, -0.25) is 4.79 Å². The van der Waals surface area contributed by atoms with E-state index in [1.807, 2.05) is 59.0 Å². The molecule has 0 bridgehead atoms. The van der Waals surface area contributed by atoms with Crippen LogP contribution in [0.2, 0.25) is 0 Å². The highest BCUT2D eigenvalue weighted by Crippen LogP contribution is 2.42. The molecule has 1 saturated carbocycles. The summed E-state index contributed by atoms with van der Waals surface area (Å²) in [6.07, 6.45) is 1.95. The first-order valence-corrected chi connectivity index (χ1v) is 9.45. The van der Waals surface area contributed by atoms with Crippen LogP contribution in [-0.4, -0.2) is 26.6 Å². The topological polar surface area (TPSA) is 50.2 Å². The van der Waals surface area contributed by atoms with Crippen molar-refractivity contribution in [1.82, 2.24) is 14.7 Å². The molecule has 5 heteroatoms. The van der Waals surface area contributed by atoms with Crippen molar-refractivity contribution in [2.24, 2.45) is 0 Å². The van der Waals surface area contributed by atoms with Crippen molar-refractivity contribution in [3.8, 4) is 5.69 Å². The smallest absolute Gasteiger partial charge is 0.258 e. The maximum Gasteiger partial charge on any atom is 0.258 e. The Morgan fingerprint density at radius 1 is 1.00 bits per heavy atom. The molecule has 3 aromatic rings. The van der Waals surface area contributed by atoms with Crippen LogP contribution in [0, 0.1) is 13.8 Å². The number of fused-ring (bicyclic) bond motifs is 1. The van der Waals surface area contributed by atoms with Crippen molar-refractivity contribution in [3.05, 3.63) is 77.1 Å². The Kier molecular flexibility index (Phi) is 3.57. The zero-order valence-electron chi connectivity index (χ0n) is 15.5. The highest BCUT2D eigenvalue weighted by Gasteiger charge is 2.43. The minimum atomic E-state index is -0.183. The highest BCUT2D eigenvalue weighted by molar-refractivity contribution is 6.02. The summed E-state index contributed by atoms with van der Waals surface area (Å²) in [5, 5.41) is 8.40. The molecule has 1 N–H and O–H groups in total. The lowest BCUT2D eigenvalue weighted by molar-refractivity contribution is 0.0665. The summed E-state index contributed by atoms with van der Waals surface area (Å²) in [5.41, 5.74) is 5.79. The number of nitrogens with one attached hydrogen (secondary N) is 1. The van der Waals surface area contributed by atoms with Gasteiger partial charge in [-0.1, -0.05) is 30.3 Å². The van der Waals surface area contributed by atoms with E-state index < -0.39 is 0 Å². The van der Waals surface area contributed by atoms with Crippen LogP contribution in [0.3, 0.4) is 0 Å². The van der Waals surface area contributed by atoms with Gasteiger partial charge in [-0.2, -0.15) is 5.10 Å². The second-order valence-electron chi connectivity index (χ2n) is 7.37. The lowest BCUT2D eigenvalue weighted by Gasteiger charge is -2.38. The van der Waals surface area contributed by atoms with Gasteiger partial charge in [-0.15, -0.1) is 0 Å². The molecule has 1 amide bonds. The van der Waals surface area contributed by atoms with E-state index in [0.29, 0.717) is 6.04 Å². The Morgan fingerprint density at radius 2 is 1.70 bits per heavy atom. The molecule has 0 unspecified atom stereocenters. The Balaban J connectivity index is 1.63. The lowest BCUT2D eigenvalue weighted by Crippen LogP contribution is -2.44. The maximum absolute atomic E-state index is 13.2. The first kappa shape index (κ1) is 16.1. The van der Waals surface area contributed by atoms with Gasteiger partial charge in [0.15, 0.2) is 0 Å². The molecule has 1 atom stereocenters. The van der Waals surface area contributed by atoms with E-state index in [2.05, 4.69) is 24.4 Å². The van der Waals surface area contributed by atoms with Gasteiger partial charge in [0.2, 0.25) is 0 Å². The predicted molar refractivity (Wildman–Crippen MR) is 105 cm³/mol. The number of carbonyl (C=O) groups is 1. The second kappa shape index (κ2) is 5.98. The largest absolute Gasteiger partial charge is 0.361 e. The summed E-state index contributed by atoms with van der Waals surface area (Å²) in [5.74, 6) is 0.114. The summed E-state index contributed by atoms with van der Waals surface area (Å²) in [4.78, 5) is 15.3. The number of carbonyl (C=O) groups excluding carboxylic acids is 1. The summed E-state index contributed by atoms with van der Waals surface area (Å²) in [6.45, 7) is 4.11. The zero-order chi connectivity index (χ0) is 18.5. The Hall–Kier alpha value is -3.08. The molecular formula is C22H22N4O. The molecule has 0 radical (unpaired) electrons. The number of aromatic nitrogens is 2. The number of aryl methyl sites for hydroxylation is 1. The lowest BCUT2D eigenvalue weighted by atomic mass is 10.0. The number of hydrogen-bond acceptors (Lipinski definition) is 3. The quantitative estimate of drug-likeness (QED) is 0.763. The van der Waals surface area contributed by atoms with Crippen LogP contribution in [0.25, 0.3) is 5.69 Å². The molecule has 2 aliphatic rings. The molecule has 1 aliphatic heterocycles. The van der Waals surface area contributed by atoms with Crippen LogP contribution >= 0.6 is 0 Å². The molecule has 0 spiro atoms. The Morgan fingerprint density at radius 3 is 2.44 bits per heavy atom. The van der Waals surface area contributed by atoms with Crippen LogP contribution in [0.4, 0.5) is 5.69 Å². The van der Waals surface area contributed by atoms with E-state index in [9.17, 15) is 4.79 Å². The van der Waals surface area contributed by atoms with Crippen molar-refractivity contribution in [2.75, 3.05) is 5.32 Å². The molecule has 0 saturated heterocycles. The maximum atomic E-state index is 13.2. The van der Waals surface area contributed by atoms with Gasteiger partial charge in [0.05, 0.1) is 16.9 Å². The number of para-hydroxylation sites is 2. The van der Waals surface area contributed by atoms with Crippen molar-refractivity contribution in [3.63, 3.8) is 0 Å². The fourth-order valence-corrected chi connectivity index (χ4v) is 4.08. The number of benzene rings is 2. The van der Waals surface area contributed by atoms with Crippen LogP contribution in [0.1, 0.15) is 46.3 Å². The number of rotatable bonds is 3. The molecule has 5 rings (SSSR count). The average Bonchev–Trinajstić information content (AvgIpc) is 3.47. The number of hydrogen-bond donors (Lipinski definition) is 1. The molecule has 27 heavy (non-hydrogen) atoms. The second-order valence-corrected chi connectivity index (χ2v) is 7.37. The Bertz CT molecular complexity index is 1020. The van der Waals surface area contributed by atoms with Gasteiger partial charge < -0.3 is 10.2 Å². The van der Waals surface area contributed by atoms with Crippen LogP contribution in [-0.2, 0) is 0 Å². The van der Waals surface area contributed by atoms with E-state index in [1.54, 1.807) is 0 Å². The van der Waals surface area contributed by atoms with E-state index >= 15 is 0 Å². The SMILES string of the molecule is Cc1nn(-c2ccccc2)c(C)c1[C@@H]1Nc2ccccc2C(=O)N1C1CC1. The van der Waals surface area contributed by atoms with Crippen molar-refractivity contribution in [1.29, 1.82) is 0 Å². The molecule has 1 fully saturated rings. The molecule has 136 valence electrons. The standard InChI is InChI=1S/C22H22N4O/c1-14-20(15(2)26(24-14)17-8-4-3-5-9-17)21-23-19-11-7-6-10-18(19)22(27)25(21)16-12-13-16/h3-11,16,21,23H,12-13H2,1-2H3/t21-/m1/s1. The minimum absolute atomic E-state index is 0.114. The van der Waals surface area contributed by atoms with Gasteiger partial charge in [-0.25, -0.2) is 4.68 Å². The molecule has 2 heterocycles. The van der Waals surface area contributed by atoms with Crippen molar-refractivity contribution in [2.45, 2.75) is 38.9 Å². The van der Waals surface area contributed by atoms with Gasteiger partial charge in [0.25, 0.3) is 5.91 Å². The monoisotopic (exact) mass is 358 g/mol. The molecule has 2 aromatic carbocycles. The third kappa shape index (κ3) is 2.53. The highest BCUT2D eigenvalue weighted by atomic mass is 16.2. The third-order valence-electron chi connectivity index (χ3n) is 5.52. The van der Waals surface area contributed by atoms with Gasteiger partial charge in [0.1, 0.15) is 6.17 Å². The number of amides is 1. The fourth-order valence-electron chi connectivity index (χ4n) is 4.08. The Labute approximate surface area is 158 Å². The molecule has 5 nitrogen and oxygen atoms in total. The summed E-state index contributed by atoms with van der Waals surface area (Å²) in [6, 6.07) is 18.2. The van der Waals surface area contributed by atoms with Crippen molar-refractivity contribution >= 4 is 11.6 Å². The van der Waals surface area contributed by atoms with Gasteiger partial charge >= 0.3 is 0 Å². The summed E-state index contributed by atoms with van der Waals surface area (Å²) < 4.78 is 1.97. The number of nitrogens with zero attached hydrogens (tertiary/aromatic N) is 3. The first-order valence-electron chi connectivity index (χ1n) is 9.45. The van der Waals surface area contributed by atoms with E-state index in [0.717, 1.165) is 46.7 Å². The van der Waals surface area contributed by atoms with Crippen LogP contribution < -0.4 is 5.32 Å². The van der Waals surface area contributed by atoms with Gasteiger partial charge in [-0.05, 0) is 51.0 Å². The molecule has 1 aromatic heterocycles. The molecule has 1 aliphatic carbocycles. The average molecular weight is 358 g/mol. The fraction of sp³-hybridized carbons (Fsp3) is 0.273. The zero-order valence-corrected chi connectivity index (χ0v) is 15.5. The summed E-state index contributed by atoms with van der Waals surface area (Å²) in [7, 11) is 0. The van der Waals surface area contributed by atoms with E-state index in [4.69, 9.17) is 5.10 Å². The first-order chi connectivity index (χ1) is 13.1. The van der Waals surface area contributed by atoms with E-state index in [1.165, 1.54) is 0 Å². The minimum Gasteiger partial charge on any atom is -0.361 e. The van der Waals surface area contributed by atoms with Crippen LogP contribution in [0.5, 0.6) is 0 Å². The summed E-state index contributed by atoms with van der Waals surface area (Å²) >= 11 is 0. The van der Waals surface area contributed by atoms with E-state index in [-0.39, 0.29) is 12.1 Å². The van der Waals surface area contributed by atoms with Crippen LogP contribution in [0.15, 0.2) is 54.6 Å². The van der Waals surface area contributed by atoms with Crippen molar-refractivity contribution < 1.29 is 4.79 Å². The molecular weight excluding hydrogens is 336 g/mol. The van der Waals surface area contributed by atoms with Gasteiger partial charge in [0, 0.05) is 23.0 Å².